The molecule has 0 spiro atoms. The molecule has 1 heterocycles. The Hall–Kier alpha value is -1.75. The van der Waals surface area contributed by atoms with E-state index in [0.29, 0.717) is 12.2 Å². The van der Waals surface area contributed by atoms with E-state index in [1.165, 1.54) is 12.1 Å². The molecular formula is C12H14FN3O. The first-order chi connectivity index (χ1) is 7.95. The van der Waals surface area contributed by atoms with Gasteiger partial charge >= 0.3 is 0 Å². The van der Waals surface area contributed by atoms with Gasteiger partial charge in [0.25, 0.3) is 0 Å². The number of aliphatic hydroxyl groups is 1. The Kier molecular flexibility index (Phi) is 2.93. The molecule has 1 aromatic heterocycles. The van der Waals surface area contributed by atoms with Gasteiger partial charge in [0.15, 0.2) is 0 Å². The maximum atomic E-state index is 13.0. The SMILES string of the molecule is CC(C)(O)c1cn(Cc2cccc(F)c2)nn1. The van der Waals surface area contributed by atoms with Crippen LogP contribution >= 0.6 is 0 Å². The number of halogens is 1. The van der Waals surface area contributed by atoms with Gasteiger partial charge < -0.3 is 5.11 Å². The van der Waals surface area contributed by atoms with E-state index in [2.05, 4.69) is 10.3 Å². The minimum atomic E-state index is -1.01. The summed E-state index contributed by atoms with van der Waals surface area (Å²) >= 11 is 0. The van der Waals surface area contributed by atoms with Gasteiger partial charge in [-0.2, -0.15) is 0 Å². The third kappa shape index (κ3) is 2.88. The summed E-state index contributed by atoms with van der Waals surface area (Å²) in [4.78, 5) is 0. The van der Waals surface area contributed by atoms with E-state index in [0.717, 1.165) is 5.56 Å². The lowest BCUT2D eigenvalue weighted by molar-refractivity contribution is 0.0737. The number of aromatic nitrogens is 3. The van der Waals surface area contributed by atoms with Gasteiger partial charge in [0.2, 0.25) is 0 Å². The molecule has 0 radical (unpaired) electrons. The van der Waals surface area contributed by atoms with Gasteiger partial charge in [0.05, 0.1) is 12.7 Å². The highest BCUT2D eigenvalue weighted by Crippen LogP contribution is 2.16. The molecule has 2 aromatic rings. The van der Waals surface area contributed by atoms with E-state index in [9.17, 15) is 9.50 Å². The van der Waals surface area contributed by atoms with Crippen LogP contribution in [0.5, 0.6) is 0 Å². The van der Waals surface area contributed by atoms with Crippen molar-refractivity contribution in [1.29, 1.82) is 0 Å². The lowest BCUT2D eigenvalue weighted by Gasteiger charge is -2.11. The van der Waals surface area contributed by atoms with E-state index < -0.39 is 5.60 Å². The maximum absolute atomic E-state index is 13.0. The third-order valence-electron chi connectivity index (χ3n) is 2.40. The molecule has 0 saturated heterocycles. The molecule has 90 valence electrons. The van der Waals surface area contributed by atoms with Crippen molar-refractivity contribution in [2.24, 2.45) is 0 Å². The van der Waals surface area contributed by atoms with E-state index in [1.54, 1.807) is 30.8 Å². The zero-order chi connectivity index (χ0) is 12.5. The molecule has 0 unspecified atom stereocenters. The summed E-state index contributed by atoms with van der Waals surface area (Å²) in [5, 5.41) is 17.5. The van der Waals surface area contributed by atoms with Crippen LogP contribution in [-0.2, 0) is 12.1 Å². The molecule has 5 heteroatoms. The van der Waals surface area contributed by atoms with Gasteiger partial charge in [-0.3, -0.25) is 0 Å². The molecule has 2 rings (SSSR count). The van der Waals surface area contributed by atoms with Gasteiger partial charge in [0, 0.05) is 0 Å². The van der Waals surface area contributed by atoms with Crippen LogP contribution in [0.25, 0.3) is 0 Å². The number of hydrogen-bond donors (Lipinski definition) is 1. The molecule has 0 aliphatic carbocycles. The van der Waals surface area contributed by atoms with Gasteiger partial charge in [0.1, 0.15) is 17.1 Å². The second-order valence-electron chi connectivity index (χ2n) is 4.49. The fourth-order valence-electron chi connectivity index (χ4n) is 1.48. The van der Waals surface area contributed by atoms with Crippen LogP contribution in [0.2, 0.25) is 0 Å². The Morgan fingerprint density at radius 2 is 2.18 bits per heavy atom. The van der Waals surface area contributed by atoms with Gasteiger partial charge in [-0.15, -0.1) is 5.10 Å². The first kappa shape index (κ1) is 11.7. The summed E-state index contributed by atoms with van der Waals surface area (Å²) in [5.41, 5.74) is 0.284. The highest BCUT2D eigenvalue weighted by molar-refractivity contribution is 5.16. The van der Waals surface area contributed by atoms with Crippen molar-refractivity contribution in [3.8, 4) is 0 Å². The van der Waals surface area contributed by atoms with Crippen LogP contribution in [0.1, 0.15) is 25.1 Å². The van der Waals surface area contributed by atoms with Crippen LogP contribution in [0, 0.1) is 5.82 Å². The molecule has 0 fully saturated rings. The van der Waals surface area contributed by atoms with Crippen molar-refractivity contribution in [3.05, 3.63) is 47.5 Å². The lowest BCUT2D eigenvalue weighted by Crippen LogP contribution is -2.15. The predicted octanol–water partition coefficient (Wildman–Crippen LogP) is 1.69. The molecule has 1 N–H and O–H groups in total. The topological polar surface area (TPSA) is 50.9 Å². The molecular weight excluding hydrogens is 221 g/mol. The molecule has 0 amide bonds. The van der Waals surface area contributed by atoms with Crippen molar-refractivity contribution in [3.63, 3.8) is 0 Å². The second kappa shape index (κ2) is 4.25. The van der Waals surface area contributed by atoms with Crippen LogP contribution in [0.4, 0.5) is 4.39 Å². The molecule has 17 heavy (non-hydrogen) atoms. The highest BCUT2D eigenvalue weighted by Gasteiger charge is 2.19. The Morgan fingerprint density at radius 3 is 2.76 bits per heavy atom. The van der Waals surface area contributed by atoms with Gasteiger partial charge in [-0.05, 0) is 31.5 Å². The average molecular weight is 235 g/mol. The van der Waals surface area contributed by atoms with E-state index in [4.69, 9.17) is 0 Å². The summed E-state index contributed by atoms with van der Waals surface area (Å²) in [6.45, 7) is 3.72. The van der Waals surface area contributed by atoms with Crippen molar-refractivity contribution < 1.29 is 9.50 Å². The number of benzene rings is 1. The third-order valence-corrected chi connectivity index (χ3v) is 2.40. The molecule has 0 saturated carbocycles. The molecule has 0 aliphatic rings. The van der Waals surface area contributed by atoms with Crippen molar-refractivity contribution in [2.45, 2.75) is 26.0 Å². The Morgan fingerprint density at radius 1 is 1.41 bits per heavy atom. The fourth-order valence-corrected chi connectivity index (χ4v) is 1.48. The minimum absolute atomic E-state index is 0.273. The fraction of sp³-hybridized carbons (Fsp3) is 0.333. The number of rotatable bonds is 3. The van der Waals surface area contributed by atoms with Crippen molar-refractivity contribution >= 4 is 0 Å². The Balaban J connectivity index is 2.17. The van der Waals surface area contributed by atoms with Crippen LogP contribution < -0.4 is 0 Å². The summed E-state index contributed by atoms with van der Waals surface area (Å²) in [6, 6.07) is 6.31. The van der Waals surface area contributed by atoms with E-state index in [1.807, 2.05) is 6.07 Å². The van der Waals surface area contributed by atoms with E-state index >= 15 is 0 Å². The molecule has 1 aromatic carbocycles. The second-order valence-corrected chi connectivity index (χ2v) is 4.49. The van der Waals surface area contributed by atoms with Gasteiger partial charge in [-0.25, -0.2) is 9.07 Å². The van der Waals surface area contributed by atoms with Crippen LogP contribution in [0.15, 0.2) is 30.5 Å². The first-order valence-corrected chi connectivity index (χ1v) is 5.32. The van der Waals surface area contributed by atoms with Crippen molar-refractivity contribution in [2.75, 3.05) is 0 Å². The molecule has 4 nitrogen and oxygen atoms in total. The smallest absolute Gasteiger partial charge is 0.123 e. The molecule has 0 aliphatic heterocycles. The lowest BCUT2D eigenvalue weighted by atomic mass is 10.1. The summed E-state index contributed by atoms with van der Waals surface area (Å²) < 4.78 is 14.6. The highest BCUT2D eigenvalue weighted by atomic mass is 19.1. The number of nitrogens with zero attached hydrogens (tertiary/aromatic N) is 3. The van der Waals surface area contributed by atoms with Crippen LogP contribution in [0.3, 0.4) is 0 Å². The zero-order valence-electron chi connectivity index (χ0n) is 9.76. The maximum Gasteiger partial charge on any atom is 0.123 e. The normalized spacial score (nSPS) is 11.8. The first-order valence-electron chi connectivity index (χ1n) is 5.32. The quantitative estimate of drug-likeness (QED) is 0.880. The Bertz CT molecular complexity index is 516. The molecule has 0 bridgehead atoms. The Labute approximate surface area is 98.7 Å². The standard InChI is InChI=1S/C12H14FN3O/c1-12(2,17)11-8-16(15-14-11)7-9-4-3-5-10(13)6-9/h3-6,8,17H,7H2,1-2H3. The monoisotopic (exact) mass is 235 g/mol. The van der Waals surface area contributed by atoms with E-state index in [-0.39, 0.29) is 5.82 Å². The molecule has 0 atom stereocenters. The average Bonchev–Trinajstić information content (AvgIpc) is 2.65. The van der Waals surface area contributed by atoms with Crippen molar-refractivity contribution in [1.82, 2.24) is 15.0 Å². The minimum Gasteiger partial charge on any atom is -0.384 e. The summed E-state index contributed by atoms with van der Waals surface area (Å²) in [6.07, 6.45) is 1.66. The van der Waals surface area contributed by atoms with Crippen LogP contribution in [-0.4, -0.2) is 20.1 Å². The van der Waals surface area contributed by atoms with Gasteiger partial charge in [-0.1, -0.05) is 17.3 Å². The zero-order valence-corrected chi connectivity index (χ0v) is 9.76. The predicted molar refractivity (Wildman–Crippen MR) is 60.8 cm³/mol. The largest absolute Gasteiger partial charge is 0.384 e. The summed E-state index contributed by atoms with van der Waals surface area (Å²) in [7, 11) is 0. The summed E-state index contributed by atoms with van der Waals surface area (Å²) in [5.74, 6) is -0.273. The number of hydrogen-bond acceptors (Lipinski definition) is 3.